The molecule has 1 N–H and O–H groups in total. The van der Waals surface area contributed by atoms with Crippen LogP contribution in [0.15, 0.2) is 18.2 Å². The van der Waals surface area contributed by atoms with Gasteiger partial charge in [0.15, 0.2) is 0 Å². The molecule has 0 fully saturated rings. The summed E-state index contributed by atoms with van der Waals surface area (Å²) >= 11 is 0. The van der Waals surface area contributed by atoms with Crippen LogP contribution in [0.4, 0.5) is 14.5 Å². The van der Waals surface area contributed by atoms with Crippen molar-refractivity contribution in [3.05, 3.63) is 29.8 Å². The molecule has 0 saturated heterocycles. The zero-order valence-corrected chi connectivity index (χ0v) is 9.22. The molecule has 0 bridgehead atoms. The SMILES string of the molecule is CCCCCC(=O)Nc1ccc(F)cc1F. The number of anilines is 1. The summed E-state index contributed by atoms with van der Waals surface area (Å²) in [4.78, 5) is 11.4. The Hall–Kier alpha value is -1.45. The van der Waals surface area contributed by atoms with Crippen molar-refractivity contribution in [1.29, 1.82) is 0 Å². The Kier molecular flexibility index (Phi) is 4.89. The van der Waals surface area contributed by atoms with Crippen molar-refractivity contribution in [3.8, 4) is 0 Å². The molecule has 1 amide bonds. The maximum atomic E-state index is 13.1. The Balaban J connectivity index is 2.49. The largest absolute Gasteiger partial charge is 0.324 e. The molecule has 0 spiro atoms. The molecule has 4 heteroatoms. The third-order valence-corrected chi connectivity index (χ3v) is 2.21. The van der Waals surface area contributed by atoms with E-state index in [9.17, 15) is 13.6 Å². The van der Waals surface area contributed by atoms with Crippen molar-refractivity contribution in [2.24, 2.45) is 0 Å². The van der Waals surface area contributed by atoms with Gasteiger partial charge in [0.05, 0.1) is 5.69 Å². The Labute approximate surface area is 93.7 Å². The van der Waals surface area contributed by atoms with Crippen molar-refractivity contribution < 1.29 is 13.6 Å². The van der Waals surface area contributed by atoms with Crippen molar-refractivity contribution >= 4 is 11.6 Å². The number of carbonyl (C=O) groups is 1. The van der Waals surface area contributed by atoms with Crippen LogP contribution in [-0.4, -0.2) is 5.91 Å². The van der Waals surface area contributed by atoms with E-state index in [2.05, 4.69) is 5.32 Å². The molecule has 0 aliphatic carbocycles. The smallest absolute Gasteiger partial charge is 0.224 e. The minimum atomic E-state index is -0.746. The third kappa shape index (κ3) is 3.96. The highest BCUT2D eigenvalue weighted by Gasteiger charge is 2.07. The van der Waals surface area contributed by atoms with Gasteiger partial charge in [-0.1, -0.05) is 19.8 Å². The van der Waals surface area contributed by atoms with E-state index in [0.29, 0.717) is 6.42 Å². The summed E-state index contributed by atoms with van der Waals surface area (Å²) in [5.41, 5.74) is 0.0305. The first-order valence-corrected chi connectivity index (χ1v) is 5.38. The topological polar surface area (TPSA) is 29.1 Å². The summed E-state index contributed by atoms with van der Waals surface area (Å²) in [5.74, 6) is -1.63. The van der Waals surface area contributed by atoms with Gasteiger partial charge in [-0.05, 0) is 18.6 Å². The fourth-order valence-electron chi connectivity index (χ4n) is 1.34. The standard InChI is InChI=1S/C12H15F2NO/c1-2-3-4-5-12(16)15-11-7-6-9(13)8-10(11)14/h6-8H,2-5H2,1H3,(H,15,16). The van der Waals surface area contributed by atoms with Crippen LogP contribution in [0.2, 0.25) is 0 Å². The van der Waals surface area contributed by atoms with E-state index in [4.69, 9.17) is 0 Å². The average molecular weight is 227 g/mol. The van der Waals surface area contributed by atoms with Crippen molar-refractivity contribution in [1.82, 2.24) is 0 Å². The molecule has 0 heterocycles. The van der Waals surface area contributed by atoms with Crippen LogP contribution in [0.3, 0.4) is 0 Å². The first kappa shape index (κ1) is 12.6. The van der Waals surface area contributed by atoms with Crippen LogP contribution in [0.5, 0.6) is 0 Å². The van der Waals surface area contributed by atoms with E-state index in [-0.39, 0.29) is 11.6 Å². The van der Waals surface area contributed by atoms with Crippen molar-refractivity contribution in [2.75, 3.05) is 5.32 Å². The van der Waals surface area contributed by atoms with Gasteiger partial charge >= 0.3 is 0 Å². The highest BCUT2D eigenvalue weighted by Crippen LogP contribution is 2.15. The third-order valence-electron chi connectivity index (χ3n) is 2.21. The summed E-state index contributed by atoms with van der Waals surface area (Å²) in [6, 6.07) is 3.09. The Morgan fingerprint density at radius 1 is 1.31 bits per heavy atom. The first-order valence-electron chi connectivity index (χ1n) is 5.38. The lowest BCUT2D eigenvalue weighted by atomic mass is 10.2. The number of carbonyl (C=O) groups excluding carboxylic acids is 1. The monoisotopic (exact) mass is 227 g/mol. The number of hydrogen-bond acceptors (Lipinski definition) is 1. The quantitative estimate of drug-likeness (QED) is 0.766. The molecule has 1 aromatic carbocycles. The van der Waals surface area contributed by atoms with Gasteiger partial charge in [-0.3, -0.25) is 4.79 Å². The predicted molar refractivity (Wildman–Crippen MR) is 59.1 cm³/mol. The number of rotatable bonds is 5. The molecule has 2 nitrogen and oxygen atoms in total. The van der Waals surface area contributed by atoms with E-state index in [1.807, 2.05) is 6.92 Å². The van der Waals surface area contributed by atoms with Gasteiger partial charge in [0, 0.05) is 12.5 Å². The Morgan fingerprint density at radius 2 is 2.06 bits per heavy atom. The van der Waals surface area contributed by atoms with Crippen molar-refractivity contribution in [3.63, 3.8) is 0 Å². The minimum absolute atomic E-state index is 0.0305. The second-order valence-electron chi connectivity index (χ2n) is 3.63. The van der Waals surface area contributed by atoms with Crippen molar-refractivity contribution in [2.45, 2.75) is 32.6 Å². The van der Waals surface area contributed by atoms with E-state index >= 15 is 0 Å². The molecule has 1 aromatic rings. The van der Waals surface area contributed by atoms with Gasteiger partial charge in [-0.15, -0.1) is 0 Å². The second kappa shape index (κ2) is 6.20. The summed E-state index contributed by atoms with van der Waals surface area (Å²) in [5, 5.41) is 2.42. The van der Waals surface area contributed by atoms with Gasteiger partial charge in [-0.2, -0.15) is 0 Å². The minimum Gasteiger partial charge on any atom is -0.324 e. The summed E-state index contributed by atoms with van der Waals surface area (Å²) in [7, 11) is 0. The van der Waals surface area contributed by atoms with Crippen LogP contribution < -0.4 is 5.32 Å². The maximum absolute atomic E-state index is 13.1. The molecule has 0 radical (unpaired) electrons. The number of unbranched alkanes of at least 4 members (excludes halogenated alkanes) is 2. The molecule has 0 unspecified atom stereocenters. The molecule has 1 rings (SSSR count). The number of nitrogens with one attached hydrogen (secondary N) is 1. The highest BCUT2D eigenvalue weighted by atomic mass is 19.1. The molecule has 0 atom stereocenters. The lowest BCUT2D eigenvalue weighted by molar-refractivity contribution is -0.116. The van der Waals surface area contributed by atoms with Gasteiger partial charge in [0.2, 0.25) is 5.91 Å². The van der Waals surface area contributed by atoms with Crippen LogP contribution in [0, 0.1) is 11.6 Å². The average Bonchev–Trinajstić information content (AvgIpc) is 2.23. The van der Waals surface area contributed by atoms with Crippen LogP contribution in [0.1, 0.15) is 32.6 Å². The summed E-state index contributed by atoms with van der Waals surface area (Å²) in [6.45, 7) is 2.04. The summed E-state index contributed by atoms with van der Waals surface area (Å²) in [6.07, 6.45) is 3.15. The number of amides is 1. The zero-order valence-electron chi connectivity index (χ0n) is 9.22. The Morgan fingerprint density at radius 3 is 2.69 bits per heavy atom. The van der Waals surface area contributed by atoms with Crippen LogP contribution in [-0.2, 0) is 4.79 Å². The molecule has 88 valence electrons. The van der Waals surface area contributed by atoms with Crippen LogP contribution in [0.25, 0.3) is 0 Å². The number of hydrogen-bond donors (Lipinski definition) is 1. The van der Waals surface area contributed by atoms with E-state index in [1.165, 1.54) is 6.07 Å². The molecule has 0 aliphatic heterocycles. The van der Waals surface area contributed by atoms with Gasteiger partial charge < -0.3 is 5.32 Å². The normalized spacial score (nSPS) is 10.2. The second-order valence-corrected chi connectivity index (χ2v) is 3.63. The lowest BCUT2D eigenvalue weighted by Gasteiger charge is -2.05. The fraction of sp³-hybridized carbons (Fsp3) is 0.417. The molecule has 16 heavy (non-hydrogen) atoms. The molecule has 0 saturated carbocycles. The van der Waals surface area contributed by atoms with Gasteiger partial charge in [-0.25, -0.2) is 8.78 Å². The summed E-state index contributed by atoms with van der Waals surface area (Å²) < 4.78 is 25.7. The molecule has 0 aromatic heterocycles. The number of halogens is 2. The molecule has 0 aliphatic rings. The number of benzene rings is 1. The van der Waals surface area contributed by atoms with Crippen LogP contribution >= 0.6 is 0 Å². The lowest BCUT2D eigenvalue weighted by Crippen LogP contribution is -2.12. The van der Waals surface area contributed by atoms with E-state index < -0.39 is 11.6 Å². The molecular formula is C12H15F2NO. The van der Waals surface area contributed by atoms with Gasteiger partial charge in [0.25, 0.3) is 0 Å². The van der Waals surface area contributed by atoms with Gasteiger partial charge in [0.1, 0.15) is 11.6 Å². The Bertz CT molecular complexity index is 366. The van der Waals surface area contributed by atoms with E-state index in [0.717, 1.165) is 31.4 Å². The molecular weight excluding hydrogens is 212 g/mol. The maximum Gasteiger partial charge on any atom is 0.224 e. The first-order chi connectivity index (χ1) is 7.63. The van der Waals surface area contributed by atoms with E-state index in [1.54, 1.807) is 0 Å². The fourth-order valence-corrected chi connectivity index (χ4v) is 1.34. The highest BCUT2D eigenvalue weighted by molar-refractivity contribution is 5.90. The predicted octanol–water partition coefficient (Wildman–Crippen LogP) is 3.48. The zero-order chi connectivity index (χ0) is 12.0.